The van der Waals surface area contributed by atoms with Crippen LogP contribution in [0.4, 0.5) is 14.5 Å². The van der Waals surface area contributed by atoms with Crippen LogP contribution in [0.15, 0.2) is 57.9 Å². The Kier molecular flexibility index (Phi) is 7.83. The average Bonchev–Trinajstić information content (AvgIpc) is 3.38. The van der Waals surface area contributed by atoms with Crippen molar-refractivity contribution in [3.8, 4) is 11.4 Å². The minimum absolute atomic E-state index is 0.0428. The molecule has 1 saturated carbocycles. The molecular formula is C26H27BrF2N4O4S. The third-order valence-electron chi connectivity index (χ3n) is 6.80. The van der Waals surface area contributed by atoms with Gasteiger partial charge >= 0.3 is 5.56 Å². The van der Waals surface area contributed by atoms with Gasteiger partial charge in [-0.1, -0.05) is 28.1 Å². The number of piperazine rings is 1. The van der Waals surface area contributed by atoms with Crippen molar-refractivity contribution in [2.24, 2.45) is 0 Å². The number of hydrogen-bond acceptors (Lipinski definition) is 6. The van der Waals surface area contributed by atoms with Gasteiger partial charge in [-0.05, 0) is 55.5 Å². The number of ether oxygens (including phenoxy) is 1. The molecule has 0 atom stereocenters. The lowest BCUT2D eigenvalue weighted by Crippen LogP contribution is -2.49. The van der Waals surface area contributed by atoms with Crippen molar-refractivity contribution in [1.29, 1.82) is 0 Å². The van der Waals surface area contributed by atoms with Gasteiger partial charge in [0.05, 0.1) is 23.7 Å². The lowest BCUT2D eigenvalue weighted by Gasteiger charge is -2.36. The highest BCUT2D eigenvalue weighted by Gasteiger charge is 2.30. The molecular weight excluding hydrogens is 582 g/mol. The number of benzene rings is 2. The molecule has 0 radical (unpaired) electrons. The topological polar surface area (TPSA) is 84.7 Å². The molecule has 3 aromatic rings. The second-order valence-corrected chi connectivity index (χ2v) is 12.4. The van der Waals surface area contributed by atoms with Crippen molar-refractivity contribution in [1.82, 2.24) is 14.1 Å². The molecule has 2 fully saturated rings. The lowest BCUT2D eigenvalue weighted by atomic mass is 10.2. The van der Waals surface area contributed by atoms with Crippen LogP contribution in [0.1, 0.15) is 31.2 Å². The van der Waals surface area contributed by atoms with E-state index in [9.17, 15) is 22.0 Å². The van der Waals surface area contributed by atoms with Gasteiger partial charge in [0.15, 0.2) is 0 Å². The van der Waals surface area contributed by atoms with Crippen molar-refractivity contribution in [3.63, 3.8) is 0 Å². The van der Waals surface area contributed by atoms with E-state index in [2.05, 4.69) is 21.0 Å². The maximum Gasteiger partial charge on any atom is 0.316 e. The van der Waals surface area contributed by atoms with Crippen LogP contribution >= 0.6 is 15.9 Å². The number of anilines is 1. The predicted molar refractivity (Wildman–Crippen MR) is 143 cm³/mol. The first kappa shape index (κ1) is 26.8. The first-order valence-electron chi connectivity index (χ1n) is 12.4. The summed E-state index contributed by atoms with van der Waals surface area (Å²) in [5, 5.41) is 4.19. The van der Waals surface area contributed by atoms with E-state index in [-0.39, 0.29) is 36.4 Å². The van der Waals surface area contributed by atoms with Gasteiger partial charge in [0.25, 0.3) is 0 Å². The first-order valence-corrected chi connectivity index (χ1v) is 14.8. The lowest BCUT2D eigenvalue weighted by molar-refractivity contribution is 0.205. The van der Waals surface area contributed by atoms with E-state index in [1.807, 2.05) is 11.0 Å². The summed E-state index contributed by atoms with van der Waals surface area (Å²) in [6.07, 6.45) is 4.88. The zero-order valence-electron chi connectivity index (χ0n) is 20.5. The Morgan fingerprint density at radius 3 is 2.34 bits per heavy atom. The van der Waals surface area contributed by atoms with Gasteiger partial charge in [0.2, 0.25) is 15.8 Å². The smallest absolute Gasteiger partial charge is 0.316 e. The van der Waals surface area contributed by atoms with Crippen LogP contribution in [-0.4, -0.2) is 54.8 Å². The first-order chi connectivity index (χ1) is 18.2. The van der Waals surface area contributed by atoms with Crippen LogP contribution in [0.3, 0.4) is 0 Å². The van der Waals surface area contributed by atoms with Crippen LogP contribution in [0, 0.1) is 11.6 Å². The predicted octanol–water partition coefficient (Wildman–Crippen LogP) is 4.25. The Balaban J connectivity index is 1.39. The zero-order chi connectivity index (χ0) is 26.9. The number of nitrogens with zero attached hydrogens (tertiary/aromatic N) is 4. The molecule has 0 amide bonds. The summed E-state index contributed by atoms with van der Waals surface area (Å²) in [6, 6.07) is 9.99. The van der Waals surface area contributed by atoms with E-state index >= 15 is 0 Å². The number of sulfonamides is 1. The van der Waals surface area contributed by atoms with Crippen molar-refractivity contribution in [2.75, 3.05) is 31.1 Å². The van der Waals surface area contributed by atoms with E-state index in [0.717, 1.165) is 53.0 Å². The quantitative estimate of drug-likeness (QED) is 0.399. The molecule has 0 unspecified atom stereocenters. The van der Waals surface area contributed by atoms with E-state index in [0.29, 0.717) is 24.3 Å². The molecule has 0 bridgehead atoms. The molecule has 2 aromatic carbocycles. The van der Waals surface area contributed by atoms with Crippen molar-refractivity contribution in [2.45, 2.75) is 37.5 Å². The Bertz CT molecular complexity index is 1470. The average molecular weight is 609 g/mol. The second kappa shape index (κ2) is 11.1. The fraction of sp³-hybridized carbons (Fsp3) is 0.385. The van der Waals surface area contributed by atoms with Crippen molar-refractivity contribution >= 4 is 31.6 Å². The van der Waals surface area contributed by atoms with Crippen LogP contribution in [-0.2, 0) is 15.8 Å². The highest BCUT2D eigenvalue weighted by molar-refractivity contribution is 9.10. The second-order valence-electron chi connectivity index (χ2n) is 9.50. The summed E-state index contributed by atoms with van der Waals surface area (Å²) in [4.78, 5) is 15.4. The molecule has 0 N–H and O–H groups in total. The molecule has 1 aliphatic heterocycles. The van der Waals surface area contributed by atoms with Crippen molar-refractivity contribution in [3.05, 3.63) is 80.7 Å². The van der Waals surface area contributed by atoms with Gasteiger partial charge < -0.3 is 9.64 Å². The van der Waals surface area contributed by atoms with E-state index in [1.54, 1.807) is 18.2 Å². The molecule has 1 aliphatic carbocycles. The van der Waals surface area contributed by atoms with Gasteiger partial charge in [0.1, 0.15) is 17.3 Å². The maximum atomic E-state index is 13.9. The minimum Gasteiger partial charge on any atom is -0.483 e. The maximum absolute atomic E-state index is 13.9. The summed E-state index contributed by atoms with van der Waals surface area (Å²) in [5.41, 5.74) is 0.470. The summed E-state index contributed by atoms with van der Waals surface area (Å²) in [7, 11) is -3.54. The Morgan fingerprint density at radius 2 is 1.68 bits per heavy atom. The SMILES string of the molecule is O=c1c(OC2CCCC2)c(N2CCN(S(=O)(=O)Cc3cccc(Br)c3)CC2)cnn1-c1cc(F)cc(F)c1. The van der Waals surface area contributed by atoms with Gasteiger partial charge in [-0.2, -0.15) is 14.1 Å². The highest BCUT2D eigenvalue weighted by atomic mass is 79.9. The van der Waals surface area contributed by atoms with Gasteiger partial charge in [0, 0.05) is 36.7 Å². The molecule has 1 saturated heterocycles. The Hall–Kier alpha value is -2.83. The number of hydrogen-bond donors (Lipinski definition) is 0. The van der Waals surface area contributed by atoms with Crippen molar-refractivity contribution < 1.29 is 21.9 Å². The number of aromatic nitrogens is 2. The number of rotatable bonds is 7. The normalized spacial score (nSPS) is 17.2. The molecule has 1 aromatic heterocycles. The zero-order valence-corrected chi connectivity index (χ0v) is 22.9. The molecule has 2 heterocycles. The minimum atomic E-state index is -3.54. The molecule has 0 spiro atoms. The molecule has 8 nitrogen and oxygen atoms in total. The van der Waals surface area contributed by atoms with Gasteiger partial charge in [-0.25, -0.2) is 17.2 Å². The third kappa shape index (κ3) is 5.92. The monoisotopic (exact) mass is 608 g/mol. The van der Waals surface area contributed by atoms with Crippen LogP contribution in [0.2, 0.25) is 0 Å². The molecule has 202 valence electrons. The Morgan fingerprint density at radius 1 is 1.00 bits per heavy atom. The molecule has 38 heavy (non-hydrogen) atoms. The van der Waals surface area contributed by atoms with Crippen LogP contribution < -0.4 is 15.2 Å². The van der Waals surface area contributed by atoms with E-state index < -0.39 is 27.2 Å². The van der Waals surface area contributed by atoms with Crippen LogP contribution in [0.25, 0.3) is 5.69 Å². The largest absolute Gasteiger partial charge is 0.483 e. The summed E-state index contributed by atoms with van der Waals surface area (Å²) in [6.45, 7) is 1.13. The van der Waals surface area contributed by atoms with E-state index in [4.69, 9.17) is 4.74 Å². The van der Waals surface area contributed by atoms with E-state index in [1.165, 1.54) is 10.5 Å². The summed E-state index contributed by atoms with van der Waals surface area (Å²) in [5.74, 6) is -1.70. The summed E-state index contributed by atoms with van der Waals surface area (Å²) < 4.78 is 63.2. The van der Waals surface area contributed by atoms with Gasteiger partial charge in [-0.3, -0.25) is 4.79 Å². The van der Waals surface area contributed by atoms with Gasteiger partial charge in [-0.15, -0.1) is 0 Å². The molecule has 2 aliphatic rings. The molecule has 12 heteroatoms. The standard InChI is InChI=1S/C26H27BrF2N4O4S/c27-19-5-3-4-18(12-19)17-38(35,36)32-10-8-31(9-11-32)24-16-30-33(22-14-20(28)13-21(29)15-22)26(34)25(24)37-23-6-1-2-7-23/h3-5,12-16,23H,1-2,6-11,17H2. The molecule has 5 rings (SSSR count). The highest BCUT2D eigenvalue weighted by Crippen LogP contribution is 2.31. The third-order valence-corrected chi connectivity index (χ3v) is 9.15. The fourth-order valence-electron chi connectivity index (χ4n) is 4.92. The fourth-order valence-corrected chi connectivity index (χ4v) is 6.87. The Labute approximate surface area is 228 Å². The van der Waals surface area contributed by atoms with Crippen LogP contribution in [0.5, 0.6) is 5.75 Å². The number of halogens is 3. The summed E-state index contributed by atoms with van der Waals surface area (Å²) >= 11 is 3.37.